The lowest BCUT2D eigenvalue weighted by Crippen LogP contribution is -2.10. The molecule has 0 amide bonds. The average Bonchev–Trinajstić information content (AvgIpc) is 3.22. The lowest BCUT2D eigenvalue weighted by atomic mass is 10.4. The molecule has 1 saturated carbocycles. The normalized spacial score (nSPS) is 14.2. The topological polar surface area (TPSA) is 86.0 Å². The molecule has 98 valence electrons. The molecule has 7 heteroatoms. The van der Waals surface area contributed by atoms with Crippen LogP contribution in [0.5, 0.6) is 11.6 Å². The summed E-state index contributed by atoms with van der Waals surface area (Å²) in [4.78, 5) is 12.6. The molecule has 2 aromatic rings. The molecule has 0 atom stereocenters. The van der Waals surface area contributed by atoms with Gasteiger partial charge in [-0.25, -0.2) is 10.8 Å². The van der Waals surface area contributed by atoms with Gasteiger partial charge in [-0.1, -0.05) is 11.6 Å². The van der Waals surface area contributed by atoms with Crippen LogP contribution in [0.1, 0.15) is 24.6 Å². The van der Waals surface area contributed by atoms with E-state index >= 15 is 0 Å². The Bertz CT molecular complexity index is 602. The number of nitrogens with zero attached hydrogens (tertiary/aromatic N) is 3. The van der Waals surface area contributed by atoms with Crippen molar-refractivity contribution in [3.05, 3.63) is 35.4 Å². The Morgan fingerprint density at radius 1 is 1.26 bits per heavy atom. The Morgan fingerprint density at radius 2 is 2.11 bits per heavy atom. The summed E-state index contributed by atoms with van der Waals surface area (Å²) in [5.41, 5.74) is 2.51. The highest BCUT2D eigenvalue weighted by Crippen LogP contribution is 2.39. The standard InChI is InChI=1S/C12H12ClN5O/c13-8-3-9(6-15-5-8)19-11-4-10(18-14)16-12(17-11)7-1-2-7/h3-7H,1-2,14H2,(H,16,17,18). The quantitative estimate of drug-likeness (QED) is 0.659. The number of hydrogen-bond acceptors (Lipinski definition) is 6. The SMILES string of the molecule is NNc1cc(Oc2cncc(Cl)c2)nc(C2CC2)n1. The van der Waals surface area contributed by atoms with Crippen LogP contribution in [0.4, 0.5) is 5.82 Å². The number of hydrogen-bond donors (Lipinski definition) is 2. The fourth-order valence-corrected chi connectivity index (χ4v) is 1.83. The molecule has 19 heavy (non-hydrogen) atoms. The van der Waals surface area contributed by atoms with E-state index in [4.69, 9.17) is 22.2 Å². The summed E-state index contributed by atoms with van der Waals surface area (Å²) in [5, 5.41) is 0.506. The van der Waals surface area contributed by atoms with E-state index in [0.29, 0.717) is 28.4 Å². The molecule has 6 nitrogen and oxygen atoms in total. The molecule has 0 radical (unpaired) electrons. The van der Waals surface area contributed by atoms with Gasteiger partial charge in [0, 0.05) is 24.2 Å². The van der Waals surface area contributed by atoms with Crippen LogP contribution >= 0.6 is 11.6 Å². The lowest BCUT2D eigenvalue weighted by Gasteiger charge is -2.08. The smallest absolute Gasteiger partial charge is 0.224 e. The number of ether oxygens (including phenoxy) is 1. The maximum Gasteiger partial charge on any atom is 0.224 e. The van der Waals surface area contributed by atoms with Gasteiger partial charge in [-0.3, -0.25) is 4.98 Å². The number of aromatic nitrogens is 3. The van der Waals surface area contributed by atoms with E-state index in [0.717, 1.165) is 18.7 Å². The molecule has 0 saturated heterocycles. The predicted molar refractivity (Wildman–Crippen MR) is 71.1 cm³/mol. The molecule has 3 rings (SSSR count). The first-order valence-corrected chi connectivity index (χ1v) is 6.26. The molecule has 3 N–H and O–H groups in total. The van der Waals surface area contributed by atoms with Crippen LogP contribution < -0.4 is 16.0 Å². The summed E-state index contributed by atoms with van der Waals surface area (Å²) >= 11 is 5.85. The summed E-state index contributed by atoms with van der Waals surface area (Å²) < 4.78 is 5.63. The molecule has 1 fully saturated rings. The van der Waals surface area contributed by atoms with Crippen molar-refractivity contribution < 1.29 is 4.74 Å². The van der Waals surface area contributed by atoms with E-state index in [1.807, 2.05) is 0 Å². The van der Waals surface area contributed by atoms with Gasteiger partial charge in [0.25, 0.3) is 0 Å². The number of nitrogens with two attached hydrogens (primary N) is 1. The number of hydrazine groups is 1. The van der Waals surface area contributed by atoms with Crippen molar-refractivity contribution >= 4 is 17.4 Å². The largest absolute Gasteiger partial charge is 0.437 e. The third-order valence-corrected chi connectivity index (χ3v) is 2.92. The number of nitrogens with one attached hydrogen (secondary N) is 1. The van der Waals surface area contributed by atoms with E-state index in [9.17, 15) is 0 Å². The summed E-state index contributed by atoms with van der Waals surface area (Å²) in [6.07, 6.45) is 5.32. The first-order chi connectivity index (χ1) is 9.24. The van der Waals surface area contributed by atoms with E-state index in [2.05, 4.69) is 20.4 Å². The summed E-state index contributed by atoms with van der Waals surface area (Å²) in [6, 6.07) is 3.30. The van der Waals surface area contributed by atoms with Gasteiger partial charge in [-0.05, 0) is 12.8 Å². The monoisotopic (exact) mass is 277 g/mol. The Morgan fingerprint density at radius 3 is 2.79 bits per heavy atom. The van der Waals surface area contributed by atoms with Crippen LogP contribution in [0.3, 0.4) is 0 Å². The lowest BCUT2D eigenvalue weighted by molar-refractivity contribution is 0.457. The van der Waals surface area contributed by atoms with Gasteiger partial charge in [-0.2, -0.15) is 4.98 Å². The van der Waals surface area contributed by atoms with E-state index in [-0.39, 0.29) is 0 Å². The molecule has 2 aromatic heterocycles. The zero-order valence-electron chi connectivity index (χ0n) is 10.0. The second-order valence-corrected chi connectivity index (χ2v) is 4.75. The predicted octanol–water partition coefficient (Wildman–Crippen LogP) is 2.48. The van der Waals surface area contributed by atoms with Crippen LogP contribution in [0.25, 0.3) is 0 Å². The molecule has 0 spiro atoms. The molecule has 1 aliphatic rings. The Labute approximate surface area is 115 Å². The molecular formula is C12H12ClN5O. The first-order valence-electron chi connectivity index (χ1n) is 5.88. The Kier molecular flexibility index (Phi) is 3.18. The number of halogens is 1. The molecule has 0 aliphatic heterocycles. The van der Waals surface area contributed by atoms with Crippen LogP contribution in [-0.4, -0.2) is 15.0 Å². The van der Waals surface area contributed by atoms with Crippen LogP contribution in [0.2, 0.25) is 5.02 Å². The van der Waals surface area contributed by atoms with Crippen molar-refractivity contribution in [1.82, 2.24) is 15.0 Å². The van der Waals surface area contributed by atoms with Gasteiger partial charge < -0.3 is 10.2 Å². The summed E-state index contributed by atoms with van der Waals surface area (Å²) in [5.74, 6) is 8.04. The molecule has 1 aliphatic carbocycles. The second kappa shape index (κ2) is 4.99. The minimum Gasteiger partial charge on any atom is -0.437 e. The molecule has 2 heterocycles. The molecule has 0 unspecified atom stereocenters. The van der Waals surface area contributed by atoms with Crippen LogP contribution in [-0.2, 0) is 0 Å². The van der Waals surface area contributed by atoms with Crippen molar-refractivity contribution in [2.75, 3.05) is 5.43 Å². The maximum absolute atomic E-state index is 5.85. The van der Waals surface area contributed by atoms with E-state index in [1.54, 1.807) is 18.3 Å². The number of nitrogen functional groups attached to an aromatic ring is 1. The average molecular weight is 278 g/mol. The minimum absolute atomic E-state index is 0.410. The highest BCUT2D eigenvalue weighted by Gasteiger charge is 2.27. The first kappa shape index (κ1) is 12.1. The highest BCUT2D eigenvalue weighted by atomic mass is 35.5. The van der Waals surface area contributed by atoms with Gasteiger partial charge in [0.05, 0.1) is 11.2 Å². The van der Waals surface area contributed by atoms with Gasteiger partial charge >= 0.3 is 0 Å². The fraction of sp³-hybridized carbons (Fsp3) is 0.250. The van der Waals surface area contributed by atoms with Crippen LogP contribution in [0.15, 0.2) is 24.5 Å². The van der Waals surface area contributed by atoms with Gasteiger partial charge in [0.2, 0.25) is 5.88 Å². The molecule has 0 aromatic carbocycles. The number of pyridine rings is 1. The van der Waals surface area contributed by atoms with Crippen LogP contribution in [0, 0.1) is 0 Å². The third-order valence-electron chi connectivity index (χ3n) is 2.71. The van der Waals surface area contributed by atoms with Crippen molar-refractivity contribution in [2.45, 2.75) is 18.8 Å². The highest BCUT2D eigenvalue weighted by molar-refractivity contribution is 6.30. The number of anilines is 1. The third kappa shape index (κ3) is 2.91. The van der Waals surface area contributed by atoms with Crippen molar-refractivity contribution in [3.63, 3.8) is 0 Å². The Hall–Kier alpha value is -1.92. The van der Waals surface area contributed by atoms with Crippen molar-refractivity contribution in [3.8, 4) is 11.6 Å². The fourth-order valence-electron chi connectivity index (χ4n) is 1.66. The Balaban J connectivity index is 1.89. The summed E-state index contributed by atoms with van der Waals surface area (Å²) in [7, 11) is 0. The minimum atomic E-state index is 0.410. The molecule has 0 bridgehead atoms. The van der Waals surface area contributed by atoms with Gasteiger partial charge in [0.1, 0.15) is 17.4 Å². The maximum atomic E-state index is 5.85. The summed E-state index contributed by atoms with van der Waals surface area (Å²) in [6.45, 7) is 0. The van der Waals surface area contributed by atoms with Gasteiger partial charge in [-0.15, -0.1) is 0 Å². The van der Waals surface area contributed by atoms with Crippen molar-refractivity contribution in [1.29, 1.82) is 0 Å². The van der Waals surface area contributed by atoms with E-state index < -0.39 is 0 Å². The van der Waals surface area contributed by atoms with Crippen molar-refractivity contribution in [2.24, 2.45) is 5.84 Å². The van der Waals surface area contributed by atoms with E-state index in [1.165, 1.54) is 6.20 Å². The number of rotatable bonds is 4. The second-order valence-electron chi connectivity index (χ2n) is 4.31. The van der Waals surface area contributed by atoms with Gasteiger partial charge in [0.15, 0.2) is 0 Å². The molecular weight excluding hydrogens is 266 g/mol. The zero-order valence-corrected chi connectivity index (χ0v) is 10.8. The zero-order chi connectivity index (χ0) is 13.2.